The van der Waals surface area contributed by atoms with Gasteiger partial charge in [-0.2, -0.15) is 26.3 Å². The van der Waals surface area contributed by atoms with Crippen molar-refractivity contribution in [3.8, 4) is 0 Å². The van der Waals surface area contributed by atoms with E-state index in [0.29, 0.717) is 25.9 Å². The van der Waals surface area contributed by atoms with Crippen molar-refractivity contribution in [1.82, 2.24) is 15.5 Å². The number of carbonyl (C=O) groups excluding carboxylic acids is 1. The van der Waals surface area contributed by atoms with Gasteiger partial charge in [-0.25, -0.2) is 0 Å². The van der Waals surface area contributed by atoms with Gasteiger partial charge in [0.05, 0.1) is 13.1 Å². The first-order valence-electron chi connectivity index (χ1n) is 6.42. The lowest BCUT2D eigenvalue weighted by atomic mass is 10.0. The molecule has 10 heteroatoms. The molecule has 1 aliphatic heterocycles. The van der Waals surface area contributed by atoms with E-state index in [1.807, 2.05) is 0 Å². The molecule has 124 valence electrons. The normalized spacial score (nSPS) is 18.0. The number of hydrogen-bond acceptors (Lipinski definition) is 3. The van der Waals surface area contributed by atoms with Gasteiger partial charge in [0.15, 0.2) is 0 Å². The molecule has 0 aromatic heterocycles. The van der Waals surface area contributed by atoms with Crippen molar-refractivity contribution in [3.05, 3.63) is 0 Å². The maximum Gasteiger partial charge on any atom is 0.405 e. The first-order valence-corrected chi connectivity index (χ1v) is 6.42. The third kappa shape index (κ3) is 8.10. The Hall–Kier alpha value is -1.03. The molecule has 0 bridgehead atoms. The number of nitrogens with one attached hydrogen (secondary N) is 2. The third-order valence-corrected chi connectivity index (χ3v) is 3.04. The Labute approximate surface area is 117 Å². The van der Waals surface area contributed by atoms with Gasteiger partial charge in [-0.15, -0.1) is 0 Å². The summed E-state index contributed by atoms with van der Waals surface area (Å²) in [5.74, 6) is -1.06. The van der Waals surface area contributed by atoms with E-state index >= 15 is 0 Å². The number of carbonyl (C=O) groups is 1. The van der Waals surface area contributed by atoms with Gasteiger partial charge >= 0.3 is 12.4 Å². The van der Waals surface area contributed by atoms with Crippen LogP contribution in [0.3, 0.4) is 0 Å². The zero-order valence-electron chi connectivity index (χ0n) is 11.2. The van der Waals surface area contributed by atoms with Gasteiger partial charge in [-0.05, 0) is 25.9 Å². The van der Waals surface area contributed by atoms with Crippen LogP contribution in [0.5, 0.6) is 0 Å². The quantitative estimate of drug-likeness (QED) is 0.750. The van der Waals surface area contributed by atoms with E-state index in [0.717, 1.165) is 4.90 Å². The summed E-state index contributed by atoms with van der Waals surface area (Å²) < 4.78 is 73.4. The van der Waals surface area contributed by atoms with Crippen molar-refractivity contribution in [2.24, 2.45) is 0 Å². The summed E-state index contributed by atoms with van der Waals surface area (Å²) in [7, 11) is 0. The maximum atomic E-state index is 12.5. The second-order valence-electron chi connectivity index (χ2n) is 4.89. The molecule has 1 rings (SSSR count). The highest BCUT2D eigenvalue weighted by Gasteiger charge is 2.35. The first kappa shape index (κ1) is 18.0. The van der Waals surface area contributed by atoms with Crippen LogP contribution in [0.2, 0.25) is 0 Å². The summed E-state index contributed by atoms with van der Waals surface area (Å²) in [6, 6.07) is -0.468. The Morgan fingerprint density at radius 1 is 1.10 bits per heavy atom. The molecule has 0 atom stereocenters. The van der Waals surface area contributed by atoms with E-state index in [4.69, 9.17) is 0 Å². The molecule has 1 amide bonds. The van der Waals surface area contributed by atoms with E-state index in [-0.39, 0.29) is 0 Å². The standard InChI is InChI=1S/C11H17F6N3O/c12-10(13,14)6-19-9(21)5-20(7-11(15,16)17)8-1-3-18-4-2-8/h8,18H,1-7H2,(H,19,21). The van der Waals surface area contributed by atoms with Gasteiger partial charge in [-0.1, -0.05) is 0 Å². The summed E-state index contributed by atoms with van der Waals surface area (Å²) in [5.41, 5.74) is 0. The van der Waals surface area contributed by atoms with Crippen LogP contribution in [0.15, 0.2) is 0 Å². The van der Waals surface area contributed by atoms with Crippen LogP contribution in [0.25, 0.3) is 0 Å². The lowest BCUT2D eigenvalue weighted by molar-refractivity contribution is -0.157. The van der Waals surface area contributed by atoms with E-state index in [1.54, 1.807) is 5.32 Å². The average Bonchev–Trinajstić information content (AvgIpc) is 2.34. The topological polar surface area (TPSA) is 44.4 Å². The Balaban J connectivity index is 2.57. The number of hydrogen-bond donors (Lipinski definition) is 2. The minimum Gasteiger partial charge on any atom is -0.346 e. The number of nitrogens with zero attached hydrogens (tertiary/aromatic N) is 1. The molecule has 1 fully saturated rings. The second kappa shape index (κ2) is 7.30. The van der Waals surface area contributed by atoms with E-state index in [1.165, 1.54) is 0 Å². The summed E-state index contributed by atoms with van der Waals surface area (Å²) >= 11 is 0. The lowest BCUT2D eigenvalue weighted by Gasteiger charge is -2.34. The molecule has 1 saturated heterocycles. The monoisotopic (exact) mass is 321 g/mol. The molecule has 0 radical (unpaired) electrons. The number of alkyl halides is 6. The smallest absolute Gasteiger partial charge is 0.346 e. The molecular weight excluding hydrogens is 304 g/mol. The highest BCUT2D eigenvalue weighted by Crippen LogP contribution is 2.21. The molecule has 1 heterocycles. The van der Waals surface area contributed by atoms with Crippen LogP contribution >= 0.6 is 0 Å². The number of halogens is 6. The Morgan fingerprint density at radius 3 is 2.14 bits per heavy atom. The second-order valence-corrected chi connectivity index (χ2v) is 4.89. The van der Waals surface area contributed by atoms with E-state index in [9.17, 15) is 31.1 Å². The van der Waals surface area contributed by atoms with Gasteiger partial charge in [0.25, 0.3) is 0 Å². The third-order valence-electron chi connectivity index (χ3n) is 3.04. The largest absolute Gasteiger partial charge is 0.405 e. The van der Waals surface area contributed by atoms with Crippen molar-refractivity contribution >= 4 is 5.91 Å². The van der Waals surface area contributed by atoms with Crippen molar-refractivity contribution in [1.29, 1.82) is 0 Å². The van der Waals surface area contributed by atoms with Gasteiger partial charge in [0.1, 0.15) is 6.54 Å². The minimum absolute atomic E-state index is 0.419. The van der Waals surface area contributed by atoms with Crippen molar-refractivity contribution in [3.63, 3.8) is 0 Å². The summed E-state index contributed by atoms with van der Waals surface area (Å²) in [6.45, 7) is -2.51. The van der Waals surface area contributed by atoms with E-state index in [2.05, 4.69) is 5.32 Å². The fourth-order valence-corrected chi connectivity index (χ4v) is 2.16. The predicted molar refractivity (Wildman–Crippen MR) is 62.6 cm³/mol. The highest BCUT2D eigenvalue weighted by molar-refractivity contribution is 5.78. The first-order chi connectivity index (χ1) is 9.57. The van der Waals surface area contributed by atoms with Crippen LogP contribution in [-0.4, -0.2) is 61.9 Å². The molecule has 0 spiro atoms. The predicted octanol–water partition coefficient (Wildman–Crippen LogP) is 1.28. The van der Waals surface area contributed by atoms with Crippen LogP contribution in [-0.2, 0) is 4.79 Å². The molecule has 21 heavy (non-hydrogen) atoms. The molecule has 0 aliphatic carbocycles. The summed E-state index contributed by atoms with van der Waals surface area (Å²) in [4.78, 5) is 12.3. The molecule has 0 aromatic rings. The van der Waals surface area contributed by atoms with Crippen molar-refractivity contribution in [2.45, 2.75) is 31.2 Å². The molecule has 0 saturated carbocycles. The van der Waals surface area contributed by atoms with Crippen LogP contribution in [0.4, 0.5) is 26.3 Å². The van der Waals surface area contributed by atoms with Crippen molar-refractivity contribution in [2.75, 3.05) is 32.7 Å². The highest BCUT2D eigenvalue weighted by atomic mass is 19.4. The Bertz CT molecular complexity index is 338. The fourth-order valence-electron chi connectivity index (χ4n) is 2.16. The van der Waals surface area contributed by atoms with Crippen LogP contribution < -0.4 is 10.6 Å². The van der Waals surface area contributed by atoms with E-state index < -0.39 is 43.9 Å². The Kier molecular flexibility index (Phi) is 6.26. The lowest BCUT2D eigenvalue weighted by Crippen LogP contribution is -2.51. The molecule has 4 nitrogen and oxygen atoms in total. The fraction of sp³-hybridized carbons (Fsp3) is 0.909. The Morgan fingerprint density at radius 2 is 1.67 bits per heavy atom. The number of piperidine rings is 1. The number of rotatable bonds is 5. The SMILES string of the molecule is O=C(CN(CC(F)(F)F)C1CCNCC1)NCC(F)(F)F. The van der Waals surface area contributed by atoms with Crippen LogP contribution in [0.1, 0.15) is 12.8 Å². The van der Waals surface area contributed by atoms with Crippen molar-refractivity contribution < 1.29 is 31.1 Å². The summed E-state index contributed by atoms with van der Waals surface area (Å²) in [6.07, 6.45) is -8.25. The molecule has 1 aliphatic rings. The average molecular weight is 321 g/mol. The molecule has 0 aromatic carbocycles. The minimum atomic E-state index is -4.58. The molecular formula is C11H17F6N3O. The zero-order chi connectivity index (χ0) is 16.1. The summed E-state index contributed by atoms with van der Waals surface area (Å²) in [5, 5.41) is 4.56. The molecule has 2 N–H and O–H groups in total. The molecule has 0 unspecified atom stereocenters. The van der Waals surface area contributed by atoms with Gasteiger partial charge in [-0.3, -0.25) is 9.69 Å². The zero-order valence-corrected chi connectivity index (χ0v) is 11.2. The number of amides is 1. The van der Waals surface area contributed by atoms with Gasteiger partial charge in [0.2, 0.25) is 5.91 Å². The maximum absolute atomic E-state index is 12.5. The van der Waals surface area contributed by atoms with Gasteiger partial charge < -0.3 is 10.6 Å². The van der Waals surface area contributed by atoms with Gasteiger partial charge in [0, 0.05) is 6.04 Å². The van der Waals surface area contributed by atoms with Crippen LogP contribution in [0, 0.1) is 0 Å².